The Kier molecular flexibility index (Phi) is 5.25. The van der Waals surface area contributed by atoms with Crippen molar-refractivity contribution in [3.05, 3.63) is 83.1 Å². The SMILES string of the molecule is Cc1cc2c(c([N+](O)(O)Nc3ccc(F)c(-c4ccc5nc(F)ncc5c4)c3F)c1)CCC2O. The van der Waals surface area contributed by atoms with Crippen molar-refractivity contribution in [3.63, 3.8) is 0 Å². The second-order valence-electron chi connectivity index (χ2n) is 8.32. The lowest BCUT2D eigenvalue weighted by atomic mass is 10.0. The summed E-state index contributed by atoms with van der Waals surface area (Å²) in [6, 6.07) is 9.55. The Morgan fingerprint density at radius 3 is 2.65 bits per heavy atom. The first kappa shape index (κ1) is 22.2. The molecule has 3 aromatic carbocycles. The molecule has 0 bridgehead atoms. The quantitative estimate of drug-likeness (QED) is 0.188. The lowest BCUT2D eigenvalue weighted by molar-refractivity contribution is -0.273. The van der Waals surface area contributed by atoms with Crippen molar-refractivity contribution in [2.75, 3.05) is 5.43 Å². The standard InChI is InChI=1S/C24H20F3N4O3/c1-12-8-16-15(3-7-21(16)32)20(9-12)31(33,34)30-19-6-4-17(25)22(23(19)26)13-2-5-18-14(10-13)11-28-24(27)29-18/h2,4-6,8-11,21,30,32-34H,3,7H2,1H3/q+1. The van der Waals surface area contributed by atoms with Crippen molar-refractivity contribution >= 4 is 22.3 Å². The summed E-state index contributed by atoms with van der Waals surface area (Å²) in [4.78, 5) is 5.20. The average Bonchev–Trinajstić information content (AvgIpc) is 3.15. The fraction of sp³-hybridized carbons (Fsp3) is 0.167. The van der Waals surface area contributed by atoms with Crippen LogP contribution in [0.2, 0.25) is 0 Å². The molecule has 1 atom stereocenters. The van der Waals surface area contributed by atoms with Crippen LogP contribution in [0.3, 0.4) is 0 Å². The lowest BCUT2D eigenvalue weighted by Crippen LogP contribution is -2.48. The van der Waals surface area contributed by atoms with Crippen molar-refractivity contribution < 1.29 is 28.7 Å². The second kappa shape index (κ2) is 8.03. The van der Waals surface area contributed by atoms with Crippen LogP contribution in [-0.4, -0.2) is 25.5 Å². The summed E-state index contributed by atoms with van der Waals surface area (Å²) in [7, 11) is 0. The summed E-state index contributed by atoms with van der Waals surface area (Å²) in [5, 5.41) is 32.2. The van der Waals surface area contributed by atoms with Gasteiger partial charge in [0.1, 0.15) is 11.5 Å². The zero-order chi connectivity index (χ0) is 24.2. The summed E-state index contributed by atoms with van der Waals surface area (Å²) in [5.41, 5.74) is 3.75. The summed E-state index contributed by atoms with van der Waals surface area (Å²) in [6.07, 6.45) is 0.393. The molecular weight excluding hydrogens is 449 g/mol. The fourth-order valence-electron chi connectivity index (χ4n) is 4.41. The number of nitrogens with one attached hydrogen (secondary N) is 1. The lowest BCUT2D eigenvalue weighted by Gasteiger charge is -2.24. The van der Waals surface area contributed by atoms with E-state index in [9.17, 15) is 24.3 Å². The molecule has 0 amide bonds. The Morgan fingerprint density at radius 1 is 1.06 bits per heavy atom. The minimum Gasteiger partial charge on any atom is -0.388 e. The van der Waals surface area contributed by atoms with E-state index in [-0.39, 0.29) is 22.5 Å². The van der Waals surface area contributed by atoms with E-state index in [0.717, 1.165) is 12.1 Å². The van der Waals surface area contributed by atoms with Crippen LogP contribution in [0, 0.1) is 24.6 Å². The largest absolute Gasteiger partial charge is 0.388 e. The van der Waals surface area contributed by atoms with Crippen LogP contribution in [0.25, 0.3) is 22.0 Å². The Morgan fingerprint density at radius 2 is 1.85 bits per heavy atom. The fourth-order valence-corrected chi connectivity index (χ4v) is 4.41. The predicted molar refractivity (Wildman–Crippen MR) is 118 cm³/mol. The maximum absolute atomic E-state index is 15.5. The number of halogens is 3. The van der Waals surface area contributed by atoms with Crippen molar-refractivity contribution in [3.8, 4) is 11.1 Å². The van der Waals surface area contributed by atoms with Crippen LogP contribution < -0.4 is 10.3 Å². The number of benzene rings is 3. The molecule has 0 fully saturated rings. The zero-order valence-electron chi connectivity index (χ0n) is 17.9. The number of rotatable bonds is 4. The van der Waals surface area contributed by atoms with E-state index >= 15 is 4.39 Å². The topological polar surface area (TPSA) is 98.5 Å². The zero-order valence-corrected chi connectivity index (χ0v) is 17.9. The molecule has 0 aliphatic heterocycles. The third-order valence-electron chi connectivity index (χ3n) is 5.97. The van der Waals surface area contributed by atoms with E-state index in [4.69, 9.17) is 0 Å². The third kappa shape index (κ3) is 3.76. The predicted octanol–water partition coefficient (Wildman–Crippen LogP) is 5.11. The van der Waals surface area contributed by atoms with Gasteiger partial charge in [-0.2, -0.15) is 9.82 Å². The van der Waals surface area contributed by atoms with Crippen LogP contribution in [0.5, 0.6) is 0 Å². The number of aliphatic hydroxyl groups is 1. The molecule has 0 spiro atoms. The molecule has 174 valence electrons. The molecule has 0 saturated heterocycles. The van der Waals surface area contributed by atoms with Gasteiger partial charge < -0.3 is 5.11 Å². The molecule has 1 aliphatic rings. The molecule has 0 saturated carbocycles. The number of aliphatic hydroxyl groups excluding tert-OH is 1. The molecule has 10 heteroatoms. The van der Waals surface area contributed by atoms with E-state index in [1.54, 1.807) is 13.0 Å². The van der Waals surface area contributed by atoms with Crippen LogP contribution in [-0.2, 0) is 6.42 Å². The molecule has 1 aliphatic carbocycles. The average molecular weight is 469 g/mol. The molecular formula is C24H20F3N4O3+. The third-order valence-corrected chi connectivity index (χ3v) is 5.97. The Hall–Kier alpha value is -3.57. The van der Waals surface area contributed by atoms with Gasteiger partial charge in [0, 0.05) is 23.2 Å². The molecule has 1 aromatic heterocycles. The Labute approximate surface area is 191 Å². The molecule has 1 unspecified atom stereocenters. The summed E-state index contributed by atoms with van der Waals surface area (Å²) < 4.78 is 43.4. The highest BCUT2D eigenvalue weighted by Gasteiger charge is 2.37. The van der Waals surface area contributed by atoms with E-state index in [0.29, 0.717) is 34.9 Å². The van der Waals surface area contributed by atoms with E-state index in [1.807, 2.05) is 0 Å². The summed E-state index contributed by atoms with van der Waals surface area (Å²) >= 11 is 0. The van der Waals surface area contributed by atoms with Gasteiger partial charge in [-0.3, -0.25) is 0 Å². The summed E-state index contributed by atoms with van der Waals surface area (Å²) in [5.74, 6) is -1.93. The molecule has 34 heavy (non-hydrogen) atoms. The van der Waals surface area contributed by atoms with E-state index in [2.05, 4.69) is 15.4 Å². The monoisotopic (exact) mass is 469 g/mol. The van der Waals surface area contributed by atoms with E-state index < -0.39 is 34.3 Å². The number of anilines is 1. The minimum absolute atomic E-state index is 0.0294. The van der Waals surface area contributed by atoms with Crippen LogP contribution in [0.4, 0.5) is 24.5 Å². The second-order valence-corrected chi connectivity index (χ2v) is 8.32. The number of hydrogen-bond acceptors (Lipinski definition) is 6. The number of hydrogen-bond donors (Lipinski definition) is 4. The van der Waals surface area contributed by atoms with Gasteiger partial charge >= 0.3 is 6.08 Å². The number of fused-ring (bicyclic) bond motifs is 2. The van der Waals surface area contributed by atoms with Gasteiger partial charge in [0.2, 0.25) is 5.69 Å². The normalized spacial score (nSPS) is 15.6. The van der Waals surface area contributed by atoms with E-state index in [1.165, 1.54) is 30.5 Å². The minimum atomic E-state index is -1.90. The van der Waals surface area contributed by atoms with Gasteiger partial charge in [-0.05, 0) is 60.7 Å². The molecule has 4 aromatic rings. The molecule has 0 radical (unpaired) electrons. The van der Waals surface area contributed by atoms with Crippen molar-refractivity contribution in [2.45, 2.75) is 25.9 Å². The van der Waals surface area contributed by atoms with Crippen LogP contribution in [0.15, 0.2) is 48.7 Å². The van der Waals surface area contributed by atoms with Crippen LogP contribution in [0.1, 0.15) is 29.2 Å². The number of quaternary nitrogens is 1. The highest BCUT2D eigenvalue weighted by molar-refractivity contribution is 5.84. The first-order valence-electron chi connectivity index (χ1n) is 10.5. The maximum atomic E-state index is 15.5. The number of nitrogens with zero attached hydrogens (tertiary/aromatic N) is 3. The molecule has 1 heterocycles. The highest BCUT2D eigenvalue weighted by atomic mass is 19.1. The Balaban J connectivity index is 1.56. The number of aromatic nitrogens is 2. The van der Waals surface area contributed by atoms with Crippen LogP contribution >= 0.6 is 0 Å². The highest BCUT2D eigenvalue weighted by Crippen LogP contribution is 2.40. The Bertz CT molecular complexity index is 1450. The van der Waals surface area contributed by atoms with Gasteiger partial charge in [0.05, 0.1) is 22.1 Å². The molecule has 5 rings (SSSR count). The van der Waals surface area contributed by atoms with Gasteiger partial charge in [0.15, 0.2) is 5.82 Å². The van der Waals surface area contributed by atoms with Crippen molar-refractivity contribution in [2.24, 2.45) is 0 Å². The first-order chi connectivity index (χ1) is 16.1. The number of aryl methyl sites for hydroxylation is 1. The smallest absolute Gasteiger partial charge is 0.309 e. The van der Waals surface area contributed by atoms with Crippen molar-refractivity contribution in [1.82, 2.24) is 14.9 Å². The molecule has 4 N–H and O–H groups in total. The van der Waals surface area contributed by atoms with Gasteiger partial charge in [-0.15, -0.1) is 10.4 Å². The van der Waals surface area contributed by atoms with Crippen molar-refractivity contribution in [1.29, 1.82) is 0 Å². The summed E-state index contributed by atoms with van der Waals surface area (Å²) in [6.45, 7) is 1.74. The van der Waals surface area contributed by atoms with Gasteiger partial charge in [-0.1, -0.05) is 12.1 Å². The maximum Gasteiger partial charge on any atom is 0.309 e. The van der Waals surface area contributed by atoms with Gasteiger partial charge in [-0.25, -0.2) is 18.7 Å². The molecule has 7 nitrogen and oxygen atoms in total. The van der Waals surface area contributed by atoms with Gasteiger partial charge in [0.25, 0.3) is 0 Å². The first-order valence-corrected chi connectivity index (χ1v) is 10.5.